The molecule has 3 aliphatic heterocycles. The number of hydrogen-bond acceptors (Lipinski definition) is 6. The molecule has 2 amide bonds. The minimum absolute atomic E-state index is 0.293. The van der Waals surface area contributed by atoms with Crippen LogP contribution in [0.3, 0.4) is 0 Å². The van der Waals surface area contributed by atoms with Gasteiger partial charge in [0.25, 0.3) is 5.91 Å². The fourth-order valence-corrected chi connectivity index (χ4v) is 6.52. The zero-order valence-electron chi connectivity index (χ0n) is 20.6. The number of amides is 2. The molecule has 0 unspecified atom stereocenters. The minimum atomic E-state index is -0.932. The molecule has 4 heterocycles. The molecule has 0 saturated carbocycles. The van der Waals surface area contributed by atoms with E-state index in [4.69, 9.17) is 0 Å². The van der Waals surface area contributed by atoms with E-state index in [0.29, 0.717) is 16.7 Å². The highest BCUT2D eigenvalue weighted by Crippen LogP contribution is 2.49. The first-order chi connectivity index (χ1) is 19.1. The van der Waals surface area contributed by atoms with E-state index in [9.17, 15) is 14.4 Å². The van der Waals surface area contributed by atoms with Gasteiger partial charge in [-0.15, -0.1) is 5.10 Å². The van der Waals surface area contributed by atoms with E-state index < -0.39 is 23.9 Å². The maximum absolute atomic E-state index is 14.3. The molecule has 2 saturated heterocycles. The molecule has 0 spiro atoms. The topological polar surface area (TPSA) is 88.4 Å². The maximum atomic E-state index is 14.3. The van der Waals surface area contributed by atoms with Crippen LogP contribution < -0.4 is 9.80 Å². The van der Waals surface area contributed by atoms with Crippen LogP contribution in [-0.2, 0) is 9.59 Å². The lowest BCUT2D eigenvalue weighted by molar-refractivity contribution is -0.122. The Hall–Kier alpha value is -5.11. The lowest BCUT2D eigenvalue weighted by atomic mass is 9.88. The SMILES string of the molecule is O=C1[C@@H]2[C@H](C(=O)N1c1ccc3ccccc3c1)[C@H]1C=Cc3ccccc3N1[C@@H]2C(=O)n1nnc2ccccc21. The fourth-order valence-electron chi connectivity index (χ4n) is 6.52. The molecule has 2 fully saturated rings. The Kier molecular flexibility index (Phi) is 4.47. The molecule has 0 radical (unpaired) electrons. The van der Waals surface area contributed by atoms with Crippen molar-refractivity contribution in [1.82, 2.24) is 15.0 Å². The van der Waals surface area contributed by atoms with Gasteiger partial charge in [-0.25, -0.2) is 4.90 Å². The summed E-state index contributed by atoms with van der Waals surface area (Å²) in [6.45, 7) is 0. The molecule has 5 aromatic rings. The first-order valence-corrected chi connectivity index (χ1v) is 12.9. The Balaban J connectivity index is 1.29. The van der Waals surface area contributed by atoms with Crippen LogP contribution in [-0.4, -0.2) is 44.8 Å². The van der Waals surface area contributed by atoms with Gasteiger partial charge in [0.1, 0.15) is 11.6 Å². The second kappa shape index (κ2) is 7.94. The lowest BCUT2D eigenvalue weighted by Crippen LogP contribution is -2.50. The van der Waals surface area contributed by atoms with Crippen LogP contribution in [0.5, 0.6) is 0 Å². The van der Waals surface area contributed by atoms with Gasteiger partial charge in [0.05, 0.1) is 29.1 Å². The summed E-state index contributed by atoms with van der Waals surface area (Å²) < 4.78 is 1.27. The largest absolute Gasteiger partial charge is 0.351 e. The van der Waals surface area contributed by atoms with Crippen molar-refractivity contribution in [2.75, 3.05) is 9.80 Å². The maximum Gasteiger partial charge on any atom is 0.272 e. The highest BCUT2D eigenvalue weighted by Gasteiger charge is 2.64. The highest BCUT2D eigenvalue weighted by molar-refractivity contribution is 6.25. The summed E-state index contributed by atoms with van der Waals surface area (Å²) in [6, 6.07) is 27.0. The summed E-state index contributed by atoms with van der Waals surface area (Å²) in [5.41, 5.74) is 3.41. The van der Waals surface area contributed by atoms with Crippen LogP contribution in [0.25, 0.3) is 27.9 Å². The summed E-state index contributed by atoms with van der Waals surface area (Å²) in [5.74, 6) is -2.63. The minimum Gasteiger partial charge on any atom is -0.351 e. The Morgan fingerprint density at radius 2 is 1.51 bits per heavy atom. The second-order valence-electron chi connectivity index (χ2n) is 10.2. The standard InChI is InChI=1S/C31H21N5O3/c37-29-26-25-16-14-19-8-3-5-11-23(19)35(25)28(31(39)36-24-12-6-4-10-22(24)32-33-36)27(26)30(38)34(29)21-15-13-18-7-1-2-9-20(18)17-21/h1-17,25-28H/t25-,26-,27-,28+/m1/s1. The van der Waals surface area contributed by atoms with Crippen molar-refractivity contribution >= 4 is 57.0 Å². The van der Waals surface area contributed by atoms with E-state index >= 15 is 0 Å². The molecule has 0 bridgehead atoms. The van der Waals surface area contributed by atoms with Crippen molar-refractivity contribution in [3.05, 3.63) is 103 Å². The first kappa shape index (κ1) is 21.9. The third-order valence-electron chi connectivity index (χ3n) is 8.22. The van der Waals surface area contributed by atoms with E-state index in [2.05, 4.69) is 10.3 Å². The van der Waals surface area contributed by atoms with E-state index in [-0.39, 0.29) is 17.7 Å². The van der Waals surface area contributed by atoms with Gasteiger partial charge in [-0.3, -0.25) is 14.4 Å². The summed E-state index contributed by atoms with van der Waals surface area (Å²) >= 11 is 0. The summed E-state index contributed by atoms with van der Waals surface area (Å²) in [4.78, 5) is 45.8. The quantitative estimate of drug-likeness (QED) is 0.328. The molecule has 4 atom stereocenters. The highest BCUT2D eigenvalue weighted by atomic mass is 16.2. The Bertz CT molecular complexity index is 1890. The number of aromatic nitrogens is 3. The van der Waals surface area contributed by atoms with Crippen LogP contribution in [0.1, 0.15) is 10.4 Å². The number of anilines is 2. The van der Waals surface area contributed by atoms with Gasteiger partial charge >= 0.3 is 0 Å². The number of carbonyl (C=O) groups is 3. The van der Waals surface area contributed by atoms with Gasteiger partial charge in [0.2, 0.25) is 11.8 Å². The van der Waals surface area contributed by atoms with Crippen LogP contribution in [0.4, 0.5) is 11.4 Å². The number of carbonyl (C=O) groups excluding carboxylic acids is 3. The predicted octanol–water partition coefficient (Wildman–Crippen LogP) is 4.31. The van der Waals surface area contributed by atoms with Gasteiger partial charge in [-0.1, -0.05) is 78.0 Å². The first-order valence-electron chi connectivity index (χ1n) is 12.9. The summed E-state index contributed by atoms with van der Waals surface area (Å²) in [7, 11) is 0. The molecular weight excluding hydrogens is 490 g/mol. The predicted molar refractivity (Wildman–Crippen MR) is 147 cm³/mol. The van der Waals surface area contributed by atoms with Crippen LogP contribution in [0.2, 0.25) is 0 Å². The zero-order chi connectivity index (χ0) is 26.2. The van der Waals surface area contributed by atoms with Crippen molar-refractivity contribution < 1.29 is 14.4 Å². The van der Waals surface area contributed by atoms with Crippen LogP contribution >= 0.6 is 0 Å². The number of para-hydroxylation sites is 2. The van der Waals surface area contributed by atoms with Crippen LogP contribution in [0, 0.1) is 11.8 Å². The molecule has 0 N–H and O–H groups in total. The molecule has 188 valence electrons. The molecule has 4 aromatic carbocycles. The van der Waals surface area contributed by atoms with Crippen molar-refractivity contribution in [1.29, 1.82) is 0 Å². The molecule has 0 aliphatic carbocycles. The van der Waals surface area contributed by atoms with Gasteiger partial charge < -0.3 is 4.90 Å². The summed E-state index contributed by atoms with van der Waals surface area (Å²) in [5, 5.41) is 10.3. The molecule has 8 nitrogen and oxygen atoms in total. The molecular formula is C31H21N5O3. The van der Waals surface area contributed by atoms with Crippen molar-refractivity contribution in [3.63, 3.8) is 0 Å². The third-order valence-corrected chi connectivity index (χ3v) is 8.22. The van der Waals surface area contributed by atoms with Crippen molar-refractivity contribution in [2.45, 2.75) is 12.1 Å². The number of rotatable bonds is 2. The number of nitrogens with zero attached hydrogens (tertiary/aromatic N) is 5. The van der Waals surface area contributed by atoms with E-state index in [1.165, 1.54) is 9.58 Å². The van der Waals surface area contributed by atoms with Crippen LogP contribution in [0.15, 0.2) is 97.1 Å². The Morgan fingerprint density at radius 1 is 0.769 bits per heavy atom. The van der Waals surface area contributed by atoms with Crippen molar-refractivity contribution in [3.8, 4) is 0 Å². The van der Waals surface area contributed by atoms with E-state index in [1.807, 2.05) is 89.8 Å². The fraction of sp³-hybridized carbons (Fsp3) is 0.129. The third kappa shape index (κ3) is 2.96. The van der Waals surface area contributed by atoms with Crippen molar-refractivity contribution in [2.24, 2.45) is 11.8 Å². The van der Waals surface area contributed by atoms with Gasteiger partial charge in [0.15, 0.2) is 0 Å². The average molecular weight is 512 g/mol. The van der Waals surface area contributed by atoms with Gasteiger partial charge in [0, 0.05) is 5.69 Å². The number of benzene rings is 4. The molecule has 8 heteroatoms. The number of fused-ring (bicyclic) bond motifs is 7. The smallest absolute Gasteiger partial charge is 0.272 e. The van der Waals surface area contributed by atoms with Gasteiger partial charge in [-0.2, -0.15) is 4.68 Å². The number of imide groups is 1. The molecule has 3 aliphatic rings. The average Bonchev–Trinajstić information content (AvgIpc) is 3.63. The second-order valence-corrected chi connectivity index (χ2v) is 10.2. The van der Waals surface area contributed by atoms with E-state index in [1.54, 1.807) is 18.2 Å². The molecule has 8 rings (SSSR count). The Morgan fingerprint density at radius 3 is 2.41 bits per heavy atom. The molecule has 1 aromatic heterocycles. The monoisotopic (exact) mass is 511 g/mol. The lowest BCUT2D eigenvalue weighted by Gasteiger charge is -2.36. The molecule has 39 heavy (non-hydrogen) atoms. The van der Waals surface area contributed by atoms with Gasteiger partial charge in [-0.05, 0) is 46.7 Å². The number of hydrogen-bond donors (Lipinski definition) is 0. The van der Waals surface area contributed by atoms with E-state index in [0.717, 1.165) is 22.0 Å². The normalized spacial score (nSPS) is 23.4. The zero-order valence-corrected chi connectivity index (χ0v) is 20.6. The Labute approximate surface area is 222 Å². The summed E-state index contributed by atoms with van der Waals surface area (Å²) in [6.07, 6.45) is 3.92.